The molecule has 0 saturated carbocycles. The molecular weight excluding hydrogens is 418 g/mol. The van der Waals surface area contributed by atoms with Crippen LogP contribution in [0.15, 0.2) is 53.4 Å². The monoisotopic (exact) mass is 443 g/mol. The van der Waals surface area contributed by atoms with Gasteiger partial charge in [-0.1, -0.05) is 44.5 Å². The lowest BCUT2D eigenvalue weighted by Gasteiger charge is -2.09. The van der Waals surface area contributed by atoms with E-state index in [2.05, 4.69) is 36.4 Å². The molecule has 0 spiro atoms. The molecule has 5 nitrogen and oxygen atoms in total. The molecule has 7 heteroatoms. The summed E-state index contributed by atoms with van der Waals surface area (Å²) < 4.78 is 7.44. The molecule has 0 unspecified atom stereocenters. The second-order valence-electron chi connectivity index (χ2n) is 7.15. The summed E-state index contributed by atoms with van der Waals surface area (Å²) in [5, 5.41) is 8.14. The van der Waals surface area contributed by atoms with Crippen LogP contribution < -0.4 is 10.1 Å². The first-order valence-electron chi connectivity index (χ1n) is 9.90. The number of benzene rings is 2. The van der Waals surface area contributed by atoms with E-state index in [1.54, 1.807) is 7.05 Å². The Kier molecular flexibility index (Phi) is 7.45. The van der Waals surface area contributed by atoms with E-state index in [0.29, 0.717) is 28.9 Å². The average molecular weight is 444 g/mol. The molecule has 3 aromatic rings. The van der Waals surface area contributed by atoms with Crippen molar-refractivity contribution in [3.63, 3.8) is 0 Å². The molecule has 1 aromatic heterocycles. The molecule has 0 aliphatic rings. The first-order chi connectivity index (χ1) is 14.4. The van der Waals surface area contributed by atoms with Gasteiger partial charge in [-0.3, -0.25) is 9.48 Å². The zero-order chi connectivity index (χ0) is 21.7. The minimum Gasteiger partial charge on any atom is -0.457 e. The van der Waals surface area contributed by atoms with Gasteiger partial charge in [0.2, 0.25) is 0 Å². The van der Waals surface area contributed by atoms with Crippen LogP contribution in [-0.4, -0.2) is 20.9 Å². The molecule has 0 aliphatic carbocycles. The largest absolute Gasteiger partial charge is 0.457 e. The third-order valence-electron chi connectivity index (χ3n) is 4.41. The molecule has 0 bridgehead atoms. The normalized spacial score (nSPS) is 11.0. The molecule has 158 valence electrons. The Bertz CT molecular complexity index is 999. The first kappa shape index (κ1) is 22.2. The third kappa shape index (κ3) is 5.58. The maximum absolute atomic E-state index is 12.5. The van der Waals surface area contributed by atoms with Gasteiger partial charge in [0.1, 0.15) is 17.2 Å². The summed E-state index contributed by atoms with van der Waals surface area (Å²) in [4.78, 5) is 13.7. The van der Waals surface area contributed by atoms with E-state index in [4.69, 9.17) is 16.3 Å². The van der Waals surface area contributed by atoms with Crippen molar-refractivity contribution in [2.24, 2.45) is 7.05 Å². The number of thioether (sulfide) groups is 1. The average Bonchev–Trinajstić information content (AvgIpc) is 3.01. The highest BCUT2D eigenvalue weighted by atomic mass is 35.5. The van der Waals surface area contributed by atoms with Gasteiger partial charge in [0.05, 0.1) is 10.7 Å². The molecule has 1 heterocycles. The molecule has 0 saturated heterocycles. The van der Waals surface area contributed by atoms with Gasteiger partial charge < -0.3 is 10.1 Å². The number of nitrogens with zero attached hydrogens (tertiary/aromatic N) is 2. The van der Waals surface area contributed by atoms with Crippen LogP contribution in [0.4, 0.5) is 0 Å². The van der Waals surface area contributed by atoms with Crippen LogP contribution >= 0.6 is 23.4 Å². The maximum atomic E-state index is 12.5. The summed E-state index contributed by atoms with van der Waals surface area (Å²) in [5.74, 6) is 1.30. The van der Waals surface area contributed by atoms with Gasteiger partial charge in [-0.15, -0.1) is 11.8 Å². The van der Waals surface area contributed by atoms with Gasteiger partial charge in [0.25, 0.3) is 5.91 Å². The minimum atomic E-state index is -0.241. The van der Waals surface area contributed by atoms with Crippen molar-refractivity contribution in [1.82, 2.24) is 15.1 Å². The van der Waals surface area contributed by atoms with Crippen molar-refractivity contribution in [3.05, 3.63) is 70.5 Å². The summed E-state index contributed by atoms with van der Waals surface area (Å²) in [5.41, 5.74) is 2.07. The van der Waals surface area contributed by atoms with Crippen molar-refractivity contribution in [2.75, 3.05) is 0 Å². The van der Waals surface area contributed by atoms with E-state index in [1.807, 2.05) is 55.1 Å². The number of carbonyl (C=O) groups excluding carboxylic acids is 1. The Labute approximate surface area is 186 Å². The van der Waals surface area contributed by atoms with E-state index in [0.717, 1.165) is 22.8 Å². The van der Waals surface area contributed by atoms with Crippen molar-refractivity contribution in [1.29, 1.82) is 0 Å². The molecular formula is C23H26ClN3O2S. The number of hydrogen-bond acceptors (Lipinski definition) is 4. The molecule has 0 radical (unpaired) electrons. The van der Waals surface area contributed by atoms with Gasteiger partial charge in [-0.2, -0.15) is 5.10 Å². The Morgan fingerprint density at radius 2 is 1.73 bits per heavy atom. The fourth-order valence-corrected chi connectivity index (χ4v) is 4.18. The number of ether oxygens (including phenoxy) is 1. The Balaban J connectivity index is 1.57. The van der Waals surface area contributed by atoms with Crippen LogP contribution in [0.2, 0.25) is 5.02 Å². The number of hydrogen-bond donors (Lipinski definition) is 1. The Morgan fingerprint density at radius 3 is 2.27 bits per heavy atom. The standard InChI is InChI=1S/C23H26ClN3O2S/c1-5-20-21(24)22(27(4)26-20)23(28)25-14-16-6-8-17(9-7-16)29-18-10-12-19(13-11-18)30-15(2)3/h6-13,15H,5,14H2,1-4H3,(H,25,28). The van der Waals surface area contributed by atoms with E-state index in [1.165, 1.54) is 9.58 Å². The van der Waals surface area contributed by atoms with Gasteiger partial charge in [0.15, 0.2) is 0 Å². The van der Waals surface area contributed by atoms with Gasteiger partial charge in [-0.25, -0.2) is 0 Å². The highest BCUT2D eigenvalue weighted by Gasteiger charge is 2.19. The van der Waals surface area contributed by atoms with Crippen LogP contribution in [0.5, 0.6) is 11.5 Å². The predicted molar refractivity (Wildman–Crippen MR) is 123 cm³/mol. The third-order valence-corrected chi connectivity index (χ3v) is 5.83. The zero-order valence-corrected chi connectivity index (χ0v) is 19.2. The van der Waals surface area contributed by atoms with E-state index in [-0.39, 0.29) is 5.91 Å². The predicted octanol–water partition coefficient (Wildman–Crippen LogP) is 5.86. The fourth-order valence-electron chi connectivity index (χ4n) is 2.96. The zero-order valence-electron chi connectivity index (χ0n) is 17.6. The van der Waals surface area contributed by atoms with Crippen LogP contribution in [0.1, 0.15) is 42.5 Å². The lowest BCUT2D eigenvalue weighted by Crippen LogP contribution is -2.25. The fraction of sp³-hybridized carbons (Fsp3) is 0.304. The molecule has 30 heavy (non-hydrogen) atoms. The second kappa shape index (κ2) is 10.0. The maximum Gasteiger partial charge on any atom is 0.271 e. The molecule has 0 atom stereocenters. The molecule has 3 rings (SSSR count). The SMILES string of the molecule is CCc1nn(C)c(C(=O)NCc2ccc(Oc3ccc(SC(C)C)cc3)cc2)c1Cl. The number of nitrogens with one attached hydrogen (secondary N) is 1. The van der Waals surface area contributed by atoms with Gasteiger partial charge in [-0.05, 0) is 48.4 Å². The number of rotatable bonds is 8. The molecule has 2 aromatic carbocycles. The highest BCUT2D eigenvalue weighted by molar-refractivity contribution is 7.99. The molecule has 1 N–H and O–H groups in total. The topological polar surface area (TPSA) is 56.2 Å². The second-order valence-corrected chi connectivity index (χ2v) is 9.18. The van der Waals surface area contributed by atoms with Crippen molar-refractivity contribution >= 4 is 29.3 Å². The smallest absolute Gasteiger partial charge is 0.271 e. The van der Waals surface area contributed by atoms with Crippen LogP contribution in [0, 0.1) is 0 Å². The Morgan fingerprint density at radius 1 is 1.13 bits per heavy atom. The number of carbonyl (C=O) groups is 1. The number of aromatic nitrogens is 2. The summed E-state index contributed by atoms with van der Waals surface area (Å²) >= 11 is 8.10. The quantitative estimate of drug-likeness (QED) is 0.443. The first-order valence-corrected chi connectivity index (χ1v) is 11.2. The van der Waals surface area contributed by atoms with Gasteiger partial charge >= 0.3 is 0 Å². The van der Waals surface area contributed by atoms with Crippen molar-refractivity contribution < 1.29 is 9.53 Å². The number of halogens is 1. The summed E-state index contributed by atoms with van der Waals surface area (Å²) in [6.07, 6.45) is 0.681. The van der Waals surface area contributed by atoms with Gasteiger partial charge in [0, 0.05) is 23.7 Å². The highest BCUT2D eigenvalue weighted by Crippen LogP contribution is 2.27. The van der Waals surface area contributed by atoms with E-state index in [9.17, 15) is 4.79 Å². The molecule has 1 amide bonds. The molecule has 0 fully saturated rings. The van der Waals surface area contributed by atoms with E-state index < -0.39 is 0 Å². The number of amides is 1. The van der Waals surface area contributed by atoms with Crippen LogP contribution in [-0.2, 0) is 20.0 Å². The minimum absolute atomic E-state index is 0.241. The summed E-state index contributed by atoms with van der Waals surface area (Å²) in [6.45, 7) is 6.70. The lowest BCUT2D eigenvalue weighted by atomic mass is 10.2. The lowest BCUT2D eigenvalue weighted by molar-refractivity contribution is 0.0941. The van der Waals surface area contributed by atoms with Crippen molar-refractivity contribution in [2.45, 2.75) is 43.9 Å². The van der Waals surface area contributed by atoms with E-state index >= 15 is 0 Å². The number of aryl methyl sites for hydroxylation is 2. The van der Waals surface area contributed by atoms with Crippen molar-refractivity contribution in [3.8, 4) is 11.5 Å². The summed E-state index contributed by atoms with van der Waals surface area (Å²) in [7, 11) is 1.72. The summed E-state index contributed by atoms with van der Waals surface area (Å²) in [6, 6.07) is 15.7. The van der Waals surface area contributed by atoms with Crippen LogP contribution in [0.3, 0.4) is 0 Å². The Hall–Kier alpha value is -2.44. The van der Waals surface area contributed by atoms with Crippen LogP contribution in [0.25, 0.3) is 0 Å². The molecule has 0 aliphatic heterocycles.